The quantitative estimate of drug-likeness (QED) is 0.308. The minimum Gasteiger partial charge on any atom is -0.376 e. The van der Waals surface area contributed by atoms with Crippen molar-refractivity contribution in [2.75, 3.05) is 14.1 Å². The molecule has 0 radical (unpaired) electrons. The molecule has 0 aliphatic carbocycles. The molecule has 128 valence electrons. The van der Waals surface area contributed by atoms with Crippen molar-refractivity contribution < 1.29 is 5.11 Å². The summed E-state index contributed by atoms with van der Waals surface area (Å²) >= 11 is 0. The summed E-state index contributed by atoms with van der Waals surface area (Å²) in [5.41, 5.74) is -0.627. The molecular weight excluding hydrogens is 258 g/mol. The molecule has 1 atom stereocenters. The van der Waals surface area contributed by atoms with Crippen molar-refractivity contribution in [2.24, 2.45) is 0 Å². The molecule has 21 heavy (non-hydrogen) atoms. The molecule has 0 bridgehead atoms. The van der Waals surface area contributed by atoms with Gasteiger partial charge in [0.2, 0.25) is 0 Å². The van der Waals surface area contributed by atoms with Gasteiger partial charge in [-0.25, -0.2) is 0 Å². The first-order chi connectivity index (χ1) is 10.0. The number of nitrogens with zero attached hydrogens (tertiary/aromatic N) is 1. The monoisotopic (exact) mass is 299 g/mol. The van der Waals surface area contributed by atoms with E-state index in [1.807, 2.05) is 25.9 Å². The van der Waals surface area contributed by atoms with Gasteiger partial charge in [-0.1, -0.05) is 84.0 Å². The Bertz CT molecular complexity index is 214. The molecule has 0 fully saturated rings. The lowest BCUT2D eigenvalue weighted by atomic mass is 10.0. The van der Waals surface area contributed by atoms with Crippen molar-refractivity contribution >= 4 is 0 Å². The zero-order valence-electron chi connectivity index (χ0n) is 15.3. The first kappa shape index (κ1) is 20.9. The molecule has 0 aliphatic rings. The fourth-order valence-electron chi connectivity index (χ4n) is 2.70. The fraction of sp³-hybridized carbons (Fsp3) is 1.00. The topological polar surface area (TPSA) is 23.5 Å². The molecule has 0 amide bonds. The maximum Gasteiger partial charge on any atom is 0.115 e. The lowest BCUT2D eigenvalue weighted by molar-refractivity contribution is -0.0734. The van der Waals surface area contributed by atoms with Crippen LogP contribution in [0.3, 0.4) is 0 Å². The first-order valence-corrected chi connectivity index (χ1v) is 9.40. The molecule has 0 aliphatic heterocycles. The molecule has 1 N–H and O–H groups in total. The molecule has 0 heterocycles. The van der Waals surface area contributed by atoms with Gasteiger partial charge in [0.1, 0.15) is 5.72 Å². The molecule has 2 heteroatoms. The summed E-state index contributed by atoms with van der Waals surface area (Å²) in [7, 11) is 3.89. The van der Waals surface area contributed by atoms with E-state index in [1.54, 1.807) is 0 Å². The van der Waals surface area contributed by atoms with Crippen LogP contribution in [0, 0.1) is 0 Å². The summed E-state index contributed by atoms with van der Waals surface area (Å²) in [4.78, 5) is 1.91. The maximum atomic E-state index is 10.1. The van der Waals surface area contributed by atoms with Gasteiger partial charge in [0, 0.05) is 0 Å². The van der Waals surface area contributed by atoms with Crippen LogP contribution in [0.15, 0.2) is 0 Å². The molecule has 0 spiro atoms. The van der Waals surface area contributed by atoms with Gasteiger partial charge < -0.3 is 5.11 Å². The summed E-state index contributed by atoms with van der Waals surface area (Å²) in [5.74, 6) is 0. The fourth-order valence-corrected chi connectivity index (χ4v) is 2.70. The minimum absolute atomic E-state index is 0.627. The zero-order chi connectivity index (χ0) is 16.0. The highest BCUT2D eigenvalue weighted by Gasteiger charge is 2.21. The molecule has 0 aromatic carbocycles. The predicted molar refractivity (Wildman–Crippen MR) is 94.6 cm³/mol. The zero-order valence-corrected chi connectivity index (χ0v) is 15.3. The maximum absolute atomic E-state index is 10.1. The van der Waals surface area contributed by atoms with E-state index < -0.39 is 5.72 Å². The van der Waals surface area contributed by atoms with Crippen LogP contribution >= 0.6 is 0 Å². The number of rotatable bonds is 15. The average molecular weight is 300 g/mol. The molecular formula is C19H41NO. The normalized spacial score (nSPS) is 14.6. The summed E-state index contributed by atoms with van der Waals surface area (Å²) in [6, 6.07) is 0. The lowest BCUT2D eigenvalue weighted by Crippen LogP contribution is -2.40. The Balaban J connectivity index is 3.16. The van der Waals surface area contributed by atoms with Crippen molar-refractivity contribution in [3.05, 3.63) is 0 Å². The van der Waals surface area contributed by atoms with E-state index in [9.17, 15) is 5.11 Å². The second-order valence-corrected chi connectivity index (χ2v) is 7.10. The highest BCUT2D eigenvalue weighted by Crippen LogP contribution is 2.18. The molecule has 0 saturated heterocycles. The van der Waals surface area contributed by atoms with Crippen molar-refractivity contribution in [2.45, 2.75) is 109 Å². The highest BCUT2D eigenvalue weighted by molar-refractivity contribution is 4.68. The van der Waals surface area contributed by atoms with Crippen molar-refractivity contribution in [1.82, 2.24) is 4.90 Å². The van der Waals surface area contributed by atoms with Crippen LogP contribution in [-0.4, -0.2) is 29.8 Å². The Hall–Kier alpha value is -0.0800. The van der Waals surface area contributed by atoms with Gasteiger partial charge in [-0.15, -0.1) is 0 Å². The smallest absolute Gasteiger partial charge is 0.115 e. The number of unbranched alkanes of at least 4 members (excludes halogenated alkanes) is 12. The van der Waals surface area contributed by atoms with Crippen LogP contribution in [0.25, 0.3) is 0 Å². The molecule has 0 aromatic heterocycles. The van der Waals surface area contributed by atoms with Gasteiger partial charge >= 0.3 is 0 Å². The summed E-state index contributed by atoms with van der Waals surface area (Å²) in [5, 5.41) is 10.1. The van der Waals surface area contributed by atoms with E-state index >= 15 is 0 Å². The number of aliphatic hydroxyl groups is 1. The van der Waals surface area contributed by atoms with E-state index in [4.69, 9.17) is 0 Å². The average Bonchev–Trinajstić information content (AvgIpc) is 2.43. The second-order valence-electron chi connectivity index (χ2n) is 7.10. The summed E-state index contributed by atoms with van der Waals surface area (Å²) in [6.45, 7) is 4.19. The Labute approximate surface area is 134 Å². The van der Waals surface area contributed by atoms with Crippen molar-refractivity contribution in [3.8, 4) is 0 Å². The Kier molecular flexibility index (Phi) is 13.5. The van der Waals surface area contributed by atoms with Gasteiger partial charge in [0.25, 0.3) is 0 Å². The number of hydrogen-bond acceptors (Lipinski definition) is 2. The van der Waals surface area contributed by atoms with Crippen molar-refractivity contribution in [3.63, 3.8) is 0 Å². The molecule has 1 unspecified atom stereocenters. The van der Waals surface area contributed by atoms with Crippen LogP contribution in [0.2, 0.25) is 0 Å². The first-order valence-electron chi connectivity index (χ1n) is 9.40. The predicted octanol–water partition coefficient (Wildman–Crippen LogP) is 5.74. The van der Waals surface area contributed by atoms with Gasteiger partial charge in [-0.3, -0.25) is 4.90 Å². The molecule has 2 nitrogen and oxygen atoms in total. The third kappa shape index (κ3) is 13.3. The van der Waals surface area contributed by atoms with Crippen LogP contribution in [0.4, 0.5) is 0 Å². The van der Waals surface area contributed by atoms with E-state index in [2.05, 4.69) is 6.92 Å². The van der Waals surface area contributed by atoms with E-state index in [0.29, 0.717) is 0 Å². The SMILES string of the molecule is CCCCCCCCCCCCCCCC(C)(O)N(C)C. The summed E-state index contributed by atoms with van der Waals surface area (Å²) in [6.07, 6.45) is 18.8. The Morgan fingerprint density at radius 3 is 1.33 bits per heavy atom. The third-order valence-electron chi connectivity index (χ3n) is 4.72. The van der Waals surface area contributed by atoms with Gasteiger partial charge in [-0.05, 0) is 33.9 Å². The standard InChI is InChI=1S/C19H41NO/c1-5-6-7-8-9-10-11-12-13-14-15-16-17-18-19(2,21)20(3)4/h21H,5-18H2,1-4H3. The van der Waals surface area contributed by atoms with Crippen LogP contribution in [0.5, 0.6) is 0 Å². The van der Waals surface area contributed by atoms with Gasteiger partial charge in [0.15, 0.2) is 0 Å². The van der Waals surface area contributed by atoms with Crippen LogP contribution in [-0.2, 0) is 0 Å². The molecule has 0 rings (SSSR count). The lowest BCUT2D eigenvalue weighted by Gasteiger charge is -2.30. The Morgan fingerprint density at radius 1 is 0.667 bits per heavy atom. The van der Waals surface area contributed by atoms with Crippen LogP contribution < -0.4 is 0 Å². The summed E-state index contributed by atoms with van der Waals surface area (Å²) < 4.78 is 0. The highest BCUT2D eigenvalue weighted by atomic mass is 16.3. The third-order valence-corrected chi connectivity index (χ3v) is 4.72. The minimum atomic E-state index is -0.627. The van der Waals surface area contributed by atoms with E-state index in [-0.39, 0.29) is 0 Å². The second kappa shape index (κ2) is 13.6. The van der Waals surface area contributed by atoms with E-state index in [1.165, 1.54) is 77.0 Å². The van der Waals surface area contributed by atoms with Gasteiger partial charge in [-0.2, -0.15) is 0 Å². The largest absolute Gasteiger partial charge is 0.376 e. The van der Waals surface area contributed by atoms with Gasteiger partial charge in [0.05, 0.1) is 0 Å². The van der Waals surface area contributed by atoms with E-state index in [0.717, 1.165) is 12.8 Å². The molecule has 0 saturated carbocycles. The Morgan fingerprint density at radius 2 is 1.00 bits per heavy atom. The number of hydrogen-bond donors (Lipinski definition) is 1. The molecule has 0 aromatic rings. The van der Waals surface area contributed by atoms with Crippen LogP contribution in [0.1, 0.15) is 104 Å². The van der Waals surface area contributed by atoms with Crippen molar-refractivity contribution in [1.29, 1.82) is 0 Å².